The quantitative estimate of drug-likeness (QED) is 0.371. The minimum absolute atomic E-state index is 0.0398. The fourth-order valence-corrected chi connectivity index (χ4v) is 3.56. The summed E-state index contributed by atoms with van der Waals surface area (Å²) < 4.78 is 8.22. The Bertz CT molecular complexity index is 1180. The first kappa shape index (κ1) is 18.0. The Hall–Kier alpha value is -3.39. The van der Waals surface area contributed by atoms with Crippen molar-refractivity contribution in [2.45, 2.75) is 5.16 Å². The molecule has 2 heterocycles. The standard InChI is InChI=1S/C20H16N4O3S/c1-27-16-9-7-14(8-10-16)17(25)13-28-20-22-21-18-19(26)23(11-12-24(18)20)15-5-3-2-4-6-15/h2-12H,13H2,1H3. The number of thioether (sulfide) groups is 1. The molecule has 0 aliphatic carbocycles. The normalized spacial score (nSPS) is 10.9. The van der Waals surface area contributed by atoms with Crippen LogP contribution in [0.4, 0.5) is 0 Å². The number of aromatic nitrogens is 4. The molecule has 140 valence electrons. The van der Waals surface area contributed by atoms with Gasteiger partial charge < -0.3 is 4.74 Å². The van der Waals surface area contributed by atoms with E-state index in [0.717, 1.165) is 5.69 Å². The van der Waals surface area contributed by atoms with Gasteiger partial charge in [-0.3, -0.25) is 18.6 Å². The van der Waals surface area contributed by atoms with Gasteiger partial charge >= 0.3 is 5.56 Å². The minimum Gasteiger partial charge on any atom is -0.497 e. The lowest BCUT2D eigenvalue weighted by Crippen LogP contribution is -2.20. The van der Waals surface area contributed by atoms with Gasteiger partial charge in [0.15, 0.2) is 10.9 Å². The van der Waals surface area contributed by atoms with E-state index < -0.39 is 0 Å². The molecule has 0 saturated carbocycles. The predicted molar refractivity (Wildman–Crippen MR) is 107 cm³/mol. The number of carbonyl (C=O) groups is 1. The van der Waals surface area contributed by atoms with Crippen LogP contribution in [0.3, 0.4) is 0 Å². The van der Waals surface area contributed by atoms with Crippen LogP contribution >= 0.6 is 11.8 Å². The highest BCUT2D eigenvalue weighted by molar-refractivity contribution is 7.99. The van der Waals surface area contributed by atoms with Crippen LogP contribution in [-0.4, -0.2) is 37.8 Å². The summed E-state index contributed by atoms with van der Waals surface area (Å²) in [4.78, 5) is 25.1. The Morgan fingerprint density at radius 2 is 1.79 bits per heavy atom. The molecule has 8 heteroatoms. The van der Waals surface area contributed by atoms with Crippen molar-refractivity contribution in [1.82, 2.24) is 19.2 Å². The molecule has 0 spiro atoms. The van der Waals surface area contributed by atoms with Gasteiger partial charge in [-0.25, -0.2) is 0 Å². The first-order chi connectivity index (χ1) is 13.7. The molecule has 0 fully saturated rings. The van der Waals surface area contributed by atoms with Gasteiger partial charge in [-0.2, -0.15) is 0 Å². The Morgan fingerprint density at radius 3 is 2.50 bits per heavy atom. The highest BCUT2D eigenvalue weighted by Crippen LogP contribution is 2.19. The Kier molecular flexibility index (Phi) is 4.94. The summed E-state index contributed by atoms with van der Waals surface area (Å²) in [6.07, 6.45) is 3.40. The molecule has 0 amide bonds. The van der Waals surface area contributed by atoms with E-state index in [1.807, 2.05) is 30.3 Å². The number of benzene rings is 2. The van der Waals surface area contributed by atoms with Gasteiger partial charge in [0, 0.05) is 23.6 Å². The number of hydrogen-bond acceptors (Lipinski definition) is 6. The summed E-state index contributed by atoms with van der Waals surface area (Å²) in [5.74, 6) is 0.846. The molecular weight excluding hydrogens is 376 g/mol. The number of methoxy groups -OCH3 is 1. The molecule has 0 aliphatic heterocycles. The third-order valence-corrected chi connectivity index (χ3v) is 5.16. The summed E-state index contributed by atoms with van der Waals surface area (Å²) >= 11 is 1.24. The average molecular weight is 392 g/mol. The maximum absolute atomic E-state index is 12.7. The molecule has 0 atom stereocenters. The van der Waals surface area contributed by atoms with Crippen molar-refractivity contribution in [1.29, 1.82) is 0 Å². The second-order valence-corrected chi connectivity index (χ2v) is 6.87. The maximum atomic E-state index is 12.7. The first-order valence-electron chi connectivity index (χ1n) is 8.49. The monoisotopic (exact) mass is 392 g/mol. The third kappa shape index (κ3) is 3.41. The number of carbonyl (C=O) groups excluding carboxylic acids is 1. The van der Waals surface area contributed by atoms with Crippen LogP contribution in [0, 0.1) is 0 Å². The molecule has 4 rings (SSSR count). The highest BCUT2D eigenvalue weighted by Gasteiger charge is 2.14. The van der Waals surface area contributed by atoms with E-state index in [1.54, 1.807) is 48.2 Å². The summed E-state index contributed by atoms with van der Waals surface area (Å²) in [5, 5.41) is 8.58. The predicted octanol–water partition coefficient (Wildman–Crippen LogP) is 2.86. The molecule has 0 N–H and O–H groups in total. The van der Waals surface area contributed by atoms with Crippen LogP contribution in [0.15, 0.2) is 76.9 Å². The molecule has 28 heavy (non-hydrogen) atoms. The molecule has 4 aromatic rings. The second kappa shape index (κ2) is 7.69. The number of Topliss-reactive ketones (excluding diaryl/α,β-unsaturated/α-hetero) is 1. The Balaban J connectivity index is 1.56. The number of ether oxygens (including phenoxy) is 1. The lowest BCUT2D eigenvalue weighted by atomic mass is 10.1. The maximum Gasteiger partial charge on any atom is 0.300 e. The van der Waals surface area contributed by atoms with Crippen molar-refractivity contribution in [3.8, 4) is 11.4 Å². The van der Waals surface area contributed by atoms with E-state index >= 15 is 0 Å². The Morgan fingerprint density at radius 1 is 1.04 bits per heavy atom. The molecule has 2 aromatic carbocycles. The third-order valence-electron chi connectivity index (χ3n) is 4.22. The summed E-state index contributed by atoms with van der Waals surface area (Å²) in [5.41, 5.74) is 1.29. The zero-order valence-corrected chi connectivity index (χ0v) is 15.8. The second-order valence-electron chi connectivity index (χ2n) is 5.93. The number of hydrogen-bond donors (Lipinski definition) is 0. The molecule has 0 unspecified atom stereocenters. The summed E-state index contributed by atoms with van der Waals surface area (Å²) in [6.45, 7) is 0. The van der Waals surface area contributed by atoms with Crippen molar-refractivity contribution in [3.63, 3.8) is 0 Å². The van der Waals surface area contributed by atoms with Crippen LogP contribution in [0.2, 0.25) is 0 Å². The van der Waals surface area contributed by atoms with E-state index in [4.69, 9.17) is 4.74 Å². The smallest absolute Gasteiger partial charge is 0.300 e. The van der Waals surface area contributed by atoms with Crippen molar-refractivity contribution in [2.75, 3.05) is 12.9 Å². The number of nitrogens with zero attached hydrogens (tertiary/aromatic N) is 4. The van der Waals surface area contributed by atoms with Crippen molar-refractivity contribution in [2.24, 2.45) is 0 Å². The number of para-hydroxylation sites is 1. The van der Waals surface area contributed by atoms with Crippen molar-refractivity contribution >= 4 is 23.2 Å². The molecule has 0 saturated heterocycles. The zero-order chi connectivity index (χ0) is 19.5. The zero-order valence-electron chi connectivity index (χ0n) is 15.0. The van der Waals surface area contributed by atoms with E-state index in [1.165, 1.54) is 16.3 Å². The summed E-state index contributed by atoms with van der Waals surface area (Å²) in [6, 6.07) is 16.2. The summed E-state index contributed by atoms with van der Waals surface area (Å²) in [7, 11) is 1.58. The van der Waals surface area contributed by atoms with Crippen molar-refractivity contribution < 1.29 is 9.53 Å². The number of ketones is 1. The Labute approximate surface area is 164 Å². The lowest BCUT2D eigenvalue weighted by Gasteiger charge is -2.06. The number of rotatable bonds is 6. The molecule has 0 radical (unpaired) electrons. The van der Waals surface area contributed by atoms with E-state index in [2.05, 4.69) is 10.2 Å². The minimum atomic E-state index is -0.269. The number of fused-ring (bicyclic) bond motifs is 1. The average Bonchev–Trinajstić information content (AvgIpc) is 3.17. The van der Waals surface area contributed by atoms with Gasteiger partial charge in [-0.15, -0.1) is 10.2 Å². The van der Waals surface area contributed by atoms with Gasteiger partial charge in [0.1, 0.15) is 5.75 Å². The first-order valence-corrected chi connectivity index (χ1v) is 9.48. The van der Waals surface area contributed by atoms with Crippen molar-refractivity contribution in [3.05, 3.63) is 82.9 Å². The van der Waals surface area contributed by atoms with Gasteiger partial charge in [-0.05, 0) is 36.4 Å². The fraction of sp³-hybridized carbons (Fsp3) is 0.100. The van der Waals surface area contributed by atoms with Gasteiger partial charge in [0.2, 0.25) is 5.65 Å². The molecule has 7 nitrogen and oxygen atoms in total. The highest BCUT2D eigenvalue weighted by atomic mass is 32.2. The van der Waals surface area contributed by atoms with Crippen LogP contribution in [0.1, 0.15) is 10.4 Å². The SMILES string of the molecule is COc1ccc(C(=O)CSc2nnc3c(=O)n(-c4ccccc4)ccn23)cc1. The fourth-order valence-electron chi connectivity index (χ4n) is 2.75. The lowest BCUT2D eigenvalue weighted by molar-refractivity contribution is 0.102. The van der Waals surface area contributed by atoms with E-state index in [-0.39, 0.29) is 22.7 Å². The molecule has 0 aliphatic rings. The molecule has 2 aromatic heterocycles. The molecule has 0 bridgehead atoms. The topological polar surface area (TPSA) is 78.5 Å². The van der Waals surface area contributed by atoms with Crippen LogP contribution in [0.25, 0.3) is 11.3 Å². The molecular formula is C20H16N4O3S. The largest absolute Gasteiger partial charge is 0.497 e. The van der Waals surface area contributed by atoms with E-state index in [0.29, 0.717) is 16.5 Å². The van der Waals surface area contributed by atoms with Gasteiger partial charge in [0.25, 0.3) is 0 Å². The van der Waals surface area contributed by atoms with Crippen LogP contribution in [0.5, 0.6) is 5.75 Å². The van der Waals surface area contributed by atoms with E-state index in [9.17, 15) is 9.59 Å². The van der Waals surface area contributed by atoms with Crippen LogP contribution < -0.4 is 10.3 Å². The van der Waals surface area contributed by atoms with Gasteiger partial charge in [-0.1, -0.05) is 30.0 Å². The van der Waals surface area contributed by atoms with Gasteiger partial charge in [0.05, 0.1) is 12.9 Å². The van der Waals surface area contributed by atoms with Crippen LogP contribution in [-0.2, 0) is 0 Å².